The largest absolute Gasteiger partial charge is 0.507 e. The second kappa shape index (κ2) is 7.95. The van der Waals surface area contributed by atoms with E-state index in [1.54, 1.807) is 18.2 Å². The summed E-state index contributed by atoms with van der Waals surface area (Å²) in [6, 6.07) is 7.83. The van der Waals surface area contributed by atoms with Crippen LogP contribution in [0.3, 0.4) is 0 Å². The number of benzene rings is 2. The molecule has 6 N–H and O–H groups in total. The topological polar surface area (TPSA) is 157 Å². The zero-order chi connectivity index (χ0) is 21.6. The first-order valence-electron chi connectivity index (χ1n) is 9.45. The van der Waals surface area contributed by atoms with E-state index in [4.69, 9.17) is 9.47 Å². The first-order chi connectivity index (χ1) is 14.3. The van der Waals surface area contributed by atoms with Crippen molar-refractivity contribution in [2.24, 2.45) is 0 Å². The van der Waals surface area contributed by atoms with Crippen molar-refractivity contribution in [1.82, 2.24) is 0 Å². The number of carbonyl (C=O) groups is 1. The standard InChI is InChI=1S/C21H22O9/c22-7-9-4-11-6-10-2-1-3-13(16(10)18(26)15(11)12(24)5-9)29-21-20(28)19(27)17(25)14(8-23)30-21/h1-5,14,17,19-25,27-28H,6-8H2. The molecule has 5 unspecified atom stereocenters. The highest BCUT2D eigenvalue weighted by molar-refractivity contribution is 6.15. The zero-order valence-electron chi connectivity index (χ0n) is 15.8. The van der Waals surface area contributed by atoms with E-state index < -0.39 is 43.1 Å². The maximum Gasteiger partial charge on any atom is 0.229 e. The molecule has 9 heteroatoms. The van der Waals surface area contributed by atoms with Crippen molar-refractivity contribution in [2.75, 3.05) is 6.61 Å². The van der Waals surface area contributed by atoms with Gasteiger partial charge >= 0.3 is 0 Å². The average Bonchev–Trinajstić information content (AvgIpc) is 2.73. The highest BCUT2D eigenvalue weighted by atomic mass is 16.7. The molecule has 9 nitrogen and oxygen atoms in total. The quantitative estimate of drug-likeness (QED) is 0.319. The Balaban J connectivity index is 1.69. The summed E-state index contributed by atoms with van der Waals surface area (Å²) in [5, 5.41) is 59.1. The van der Waals surface area contributed by atoms with Crippen LogP contribution in [0, 0.1) is 0 Å². The summed E-state index contributed by atoms with van der Waals surface area (Å²) >= 11 is 0. The number of fused-ring (bicyclic) bond motifs is 2. The summed E-state index contributed by atoms with van der Waals surface area (Å²) in [7, 11) is 0. The van der Waals surface area contributed by atoms with Crippen LogP contribution in [-0.4, -0.2) is 73.7 Å². The number of hydrogen-bond acceptors (Lipinski definition) is 9. The number of ketones is 1. The molecule has 2 aromatic carbocycles. The molecule has 1 aliphatic carbocycles. The molecule has 1 heterocycles. The Morgan fingerprint density at radius 1 is 1.00 bits per heavy atom. The lowest BCUT2D eigenvalue weighted by atomic mass is 9.83. The van der Waals surface area contributed by atoms with Crippen molar-refractivity contribution in [3.63, 3.8) is 0 Å². The van der Waals surface area contributed by atoms with E-state index in [0.29, 0.717) is 23.1 Å². The molecule has 0 bridgehead atoms. The number of carbonyl (C=O) groups excluding carboxylic acids is 1. The molecule has 2 aliphatic rings. The van der Waals surface area contributed by atoms with Crippen LogP contribution in [0.4, 0.5) is 0 Å². The number of aliphatic hydroxyl groups excluding tert-OH is 5. The Morgan fingerprint density at radius 2 is 1.77 bits per heavy atom. The lowest BCUT2D eigenvalue weighted by Crippen LogP contribution is -2.60. The number of phenolic OH excluding ortho intramolecular Hbond substituents is 1. The molecule has 0 amide bonds. The van der Waals surface area contributed by atoms with Gasteiger partial charge in [0, 0.05) is 0 Å². The SMILES string of the molecule is O=C1c2c(O)cc(CO)cc2Cc2cccc(OC3OC(CO)C(O)C(O)C3O)c21. The predicted octanol–water partition coefficient (Wildman–Crippen LogP) is -0.802. The third-order valence-corrected chi connectivity index (χ3v) is 5.48. The summed E-state index contributed by atoms with van der Waals surface area (Å²) < 4.78 is 11.1. The molecule has 1 saturated heterocycles. The van der Waals surface area contributed by atoms with Gasteiger partial charge in [-0.1, -0.05) is 18.2 Å². The molecular formula is C21H22O9. The second-order valence-corrected chi connectivity index (χ2v) is 7.42. The van der Waals surface area contributed by atoms with Crippen LogP contribution in [0.25, 0.3) is 0 Å². The monoisotopic (exact) mass is 418 g/mol. The molecular weight excluding hydrogens is 396 g/mol. The highest BCUT2D eigenvalue weighted by Gasteiger charge is 2.45. The molecule has 30 heavy (non-hydrogen) atoms. The Morgan fingerprint density at radius 3 is 2.47 bits per heavy atom. The maximum atomic E-state index is 13.2. The van der Waals surface area contributed by atoms with Gasteiger partial charge in [-0.2, -0.15) is 0 Å². The van der Waals surface area contributed by atoms with Gasteiger partial charge in [0.15, 0.2) is 0 Å². The smallest absolute Gasteiger partial charge is 0.229 e. The van der Waals surface area contributed by atoms with Crippen LogP contribution in [0.5, 0.6) is 11.5 Å². The van der Waals surface area contributed by atoms with Crippen LogP contribution in [0.1, 0.15) is 32.6 Å². The van der Waals surface area contributed by atoms with E-state index >= 15 is 0 Å². The van der Waals surface area contributed by atoms with E-state index in [1.165, 1.54) is 12.1 Å². The number of ether oxygens (including phenoxy) is 2. The second-order valence-electron chi connectivity index (χ2n) is 7.42. The number of aromatic hydroxyl groups is 1. The Bertz CT molecular complexity index is 971. The summed E-state index contributed by atoms with van der Waals surface area (Å²) in [4.78, 5) is 13.2. The van der Waals surface area contributed by atoms with Crippen molar-refractivity contribution >= 4 is 5.78 Å². The number of rotatable bonds is 4. The predicted molar refractivity (Wildman–Crippen MR) is 101 cm³/mol. The number of aliphatic hydroxyl groups is 5. The molecule has 5 atom stereocenters. The summed E-state index contributed by atoms with van der Waals surface area (Å²) in [6.45, 7) is -0.882. The van der Waals surface area contributed by atoms with Gasteiger partial charge in [0.2, 0.25) is 12.1 Å². The number of hydrogen-bond donors (Lipinski definition) is 6. The van der Waals surface area contributed by atoms with E-state index in [9.17, 15) is 35.4 Å². The third kappa shape index (κ3) is 3.35. The molecule has 1 aliphatic heterocycles. The molecule has 0 spiro atoms. The molecule has 1 fully saturated rings. The van der Waals surface area contributed by atoms with E-state index in [1.807, 2.05) is 0 Å². The molecule has 2 aromatic rings. The lowest BCUT2D eigenvalue weighted by molar-refractivity contribution is -0.277. The van der Waals surface area contributed by atoms with Crippen molar-refractivity contribution in [3.05, 3.63) is 58.1 Å². The molecule has 160 valence electrons. The van der Waals surface area contributed by atoms with Crippen LogP contribution in [-0.2, 0) is 17.8 Å². The molecule has 4 rings (SSSR count). The molecule has 0 aromatic heterocycles. The third-order valence-electron chi connectivity index (χ3n) is 5.48. The fourth-order valence-electron chi connectivity index (χ4n) is 3.94. The lowest BCUT2D eigenvalue weighted by Gasteiger charge is -2.39. The van der Waals surface area contributed by atoms with Gasteiger partial charge < -0.3 is 40.1 Å². The normalized spacial score (nSPS) is 28.0. The van der Waals surface area contributed by atoms with Gasteiger partial charge in [0.05, 0.1) is 24.3 Å². The minimum absolute atomic E-state index is 0.0677. The van der Waals surface area contributed by atoms with Crippen LogP contribution >= 0.6 is 0 Å². The number of phenols is 1. The Kier molecular flexibility index (Phi) is 5.49. The van der Waals surface area contributed by atoms with Gasteiger partial charge in [-0.3, -0.25) is 4.79 Å². The van der Waals surface area contributed by atoms with Crippen LogP contribution in [0.2, 0.25) is 0 Å². The summed E-state index contributed by atoms with van der Waals surface area (Å²) in [5.74, 6) is -0.679. The van der Waals surface area contributed by atoms with Crippen LogP contribution in [0.15, 0.2) is 30.3 Å². The van der Waals surface area contributed by atoms with Gasteiger partial charge in [-0.25, -0.2) is 0 Å². The molecule has 0 saturated carbocycles. The van der Waals surface area contributed by atoms with E-state index in [2.05, 4.69) is 0 Å². The van der Waals surface area contributed by atoms with Crippen molar-refractivity contribution in [1.29, 1.82) is 0 Å². The maximum absolute atomic E-state index is 13.2. The van der Waals surface area contributed by atoms with Crippen molar-refractivity contribution in [3.8, 4) is 11.5 Å². The van der Waals surface area contributed by atoms with Crippen molar-refractivity contribution < 1.29 is 44.9 Å². The first-order valence-corrected chi connectivity index (χ1v) is 9.45. The first kappa shape index (κ1) is 20.7. The summed E-state index contributed by atoms with van der Waals surface area (Å²) in [6.07, 6.45) is -7.04. The minimum atomic E-state index is -1.62. The zero-order valence-corrected chi connectivity index (χ0v) is 15.8. The van der Waals surface area contributed by atoms with Crippen molar-refractivity contribution in [2.45, 2.75) is 43.7 Å². The fraction of sp³-hybridized carbons (Fsp3) is 0.381. The Labute approximate surface area is 171 Å². The highest BCUT2D eigenvalue weighted by Crippen LogP contribution is 2.38. The van der Waals surface area contributed by atoms with Gasteiger partial charge in [-0.15, -0.1) is 0 Å². The Hall–Kier alpha value is -2.53. The van der Waals surface area contributed by atoms with Gasteiger partial charge in [0.25, 0.3) is 0 Å². The average molecular weight is 418 g/mol. The van der Waals surface area contributed by atoms with Gasteiger partial charge in [-0.05, 0) is 35.2 Å². The van der Waals surface area contributed by atoms with E-state index in [0.717, 1.165) is 0 Å². The van der Waals surface area contributed by atoms with Gasteiger partial charge in [0.1, 0.15) is 35.9 Å². The summed E-state index contributed by atoms with van der Waals surface area (Å²) in [5.41, 5.74) is 1.94. The fourth-order valence-corrected chi connectivity index (χ4v) is 3.94. The van der Waals surface area contributed by atoms with E-state index in [-0.39, 0.29) is 29.2 Å². The minimum Gasteiger partial charge on any atom is -0.507 e. The van der Waals surface area contributed by atoms with Crippen LogP contribution < -0.4 is 4.74 Å². The molecule has 0 radical (unpaired) electrons.